The highest BCUT2D eigenvalue weighted by atomic mass is 27.0. The van der Waals surface area contributed by atoms with Crippen molar-refractivity contribution in [2.75, 3.05) is 6.61 Å². The second-order valence-electron chi connectivity index (χ2n) is 2.40. The van der Waals surface area contributed by atoms with Crippen molar-refractivity contribution in [3.63, 3.8) is 0 Å². The Morgan fingerprint density at radius 2 is 1.91 bits per heavy atom. The van der Waals surface area contributed by atoms with Gasteiger partial charge in [-0.2, -0.15) is 0 Å². The van der Waals surface area contributed by atoms with Gasteiger partial charge in [0, 0.05) is 6.92 Å². The lowest BCUT2D eigenvalue weighted by molar-refractivity contribution is -0.141. The van der Waals surface area contributed by atoms with Crippen molar-refractivity contribution in [2.24, 2.45) is 0 Å². The van der Waals surface area contributed by atoms with Crippen LogP contribution in [0.15, 0.2) is 0 Å². The summed E-state index contributed by atoms with van der Waals surface area (Å²) >= 11 is 0. The minimum atomic E-state index is -0.170. The van der Waals surface area contributed by atoms with Crippen molar-refractivity contribution in [2.45, 2.75) is 39.5 Å². The van der Waals surface area contributed by atoms with E-state index in [1.54, 1.807) is 0 Å². The summed E-state index contributed by atoms with van der Waals surface area (Å²) in [6.45, 7) is 4.20. The SMILES string of the molecule is CCCCCCOC(C)=O.[AlH3]. The third-order valence-corrected chi connectivity index (χ3v) is 1.30. The van der Waals surface area contributed by atoms with Crippen LogP contribution in [0.2, 0.25) is 0 Å². The number of ether oxygens (including phenoxy) is 1. The van der Waals surface area contributed by atoms with Gasteiger partial charge in [0.25, 0.3) is 0 Å². The van der Waals surface area contributed by atoms with Crippen LogP contribution in [0, 0.1) is 0 Å². The van der Waals surface area contributed by atoms with Crippen molar-refractivity contribution in [3.05, 3.63) is 0 Å². The highest BCUT2D eigenvalue weighted by molar-refractivity contribution is 5.75. The van der Waals surface area contributed by atoms with Crippen LogP contribution in [-0.4, -0.2) is 29.9 Å². The van der Waals surface area contributed by atoms with Gasteiger partial charge in [-0.15, -0.1) is 0 Å². The Bertz CT molecular complexity index is 94.1. The molecule has 66 valence electrons. The summed E-state index contributed by atoms with van der Waals surface area (Å²) in [5.74, 6) is -0.170. The maximum atomic E-state index is 10.3. The molecule has 0 aliphatic rings. The number of carbonyl (C=O) groups is 1. The van der Waals surface area contributed by atoms with Gasteiger partial charge in [0.15, 0.2) is 17.4 Å². The quantitative estimate of drug-likeness (QED) is 0.352. The van der Waals surface area contributed by atoms with Crippen LogP contribution in [0.5, 0.6) is 0 Å². The molecule has 11 heavy (non-hydrogen) atoms. The highest BCUT2D eigenvalue weighted by Crippen LogP contribution is 1.98. The number of hydrogen-bond donors (Lipinski definition) is 0. The zero-order valence-corrected chi connectivity index (χ0v) is 6.85. The third-order valence-electron chi connectivity index (χ3n) is 1.30. The molecular formula is C8H19AlO2. The minimum absolute atomic E-state index is 0. The Labute approximate surface area is 79.4 Å². The zero-order chi connectivity index (χ0) is 7.82. The van der Waals surface area contributed by atoms with Gasteiger partial charge >= 0.3 is 5.97 Å². The van der Waals surface area contributed by atoms with Gasteiger partial charge in [-0.3, -0.25) is 4.79 Å². The first-order valence-corrected chi connectivity index (χ1v) is 3.90. The Morgan fingerprint density at radius 3 is 2.36 bits per heavy atom. The van der Waals surface area contributed by atoms with E-state index in [1.807, 2.05) is 0 Å². The van der Waals surface area contributed by atoms with Gasteiger partial charge in [-0.05, 0) is 6.42 Å². The topological polar surface area (TPSA) is 26.3 Å². The van der Waals surface area contributed by atoms with E-state index >= 15 is 0 Å². The van der Waals surface area contributed by atoms with E-state index in [-0.39, 0.29) is 23.3 Å². The van der Waals surface area contributed by atoms with Crippen molar-refractivity contribution < 1.29 is 9.53 Å². The lowest BCUT2D eigenvalue weighted by Crippen LogP contribution is -1.99. The fourth-order valence-electron chi connectivity index (χ4n) is 0.745. The van der Waals surface area contributed by atoms with Gasteiger partial charge in [0.05, 0.1) is 6.61 Å². The highest BCUT2D eigenvalue weighted by Gasteiger charge is 1.91. The van der Waals surface area contributed by atoms with Crippen molar-refractivity contribution in [3.8, 4) is 0 Å². The largest absolute Gasteiger partial charge is 0.466 e. The maximum Gasteiger partial charge on any atom is 0.302 e. The minimum Gasteiger partial charge on any atom is -0.466 e. The molecule has 0 aromatic rings. The van der Waals surface area contributed by atoms with Crippen molar-refractivity contribution in [1.82, 2.24) is 0 Å². The number of rotatable bonds is 5. The monoisotopic (exact) mass is 174 g/mol. The van der Waals surface area contributed by atoms with Crippen LogP contribution in [0.1, 0.15) is 39.5 Å². The summed E-state index contributed by atoms with van der Waals surface area (Å²) in [4.78, 5) is 10.3. The summed E-state index contributed by atoms with van der Waals surface area (Å²) < 4.78 is 4.75. The average molecular weight is 174 g/mol. The summed E-state index contributed by atoms with van der Waals surface area (Å²) in [6.07, 6.45) is 4.64. The van der Waals surface area contributed by atoms with Gasteiger partial charge in [0.1, 0.15) is 0 Å². The van der Waals surface area contributed by atoms with Crippen molar-refractivity contribution >= 4 is 23.3 Å². The second kappa shape index (κ2) is 10.0. The molecule has 0 spiro atoms. The summed E-state index contributed by atoms with van der Waals surface area (Å²) in [6, 6.07) is 0. The Kier molecular flexibility index (Phi) is 12.4. The molecule has 0 aromatic carbocycles. The molecule has 0 radical (unpaired) electrons. The molecular weight excluding hydrogens is 155 g/mol. The molecule has 0 saturated heterocycles. The van der Waals surface area contributed by atoms with E-state index in [2.05, 4.69) is 6.92 Å². The lowest BCUT2D eigenvalue weighted by atomic mass is 10.2. The first-order chi connectivity index (χ1) is 4.77. The Balaban J connectivity index is 0. The van der Waals surface area contributed by atoms with Crippen molar-refractivity contribution in [1.29, 1.82) is 0 Å². The fourth-order valence-corrected chi connectivity index (χ4v) is 0.745. The number of hydrogen-bond acceptors (Lipinski definition) is 2. The Hall–Kier alpha value is 0.00247. The van der Waals surface area contributed by atoms with E-state index in [0.717, 1.165) is 6.42 Å². The second-order valence-corrected chi connectivity index (χ2v) is 2.40. The normalized spacial score (nSPS) is 8.55. The molecule has 0 saturated carbocycles. The molecule has 0 N–H and O–H groups in total. The molecule has 0 fully saturated rings. The summed E-state index contributed by atoms with van der Waals surface area (Å²) in [7, 11) is 0. The van der Waals surface area contributed by atoms with E-state index in [1.165, 1.54) is 26.2 Å². The number of carbonyl (C=O) groups excluding carboxylic acids is 1. The first-order valence-electron chi connectivity index (χ1n) is 3.90. The molecule has 0 heterocycles. The average Bonchev–Trinajstić information content (AvgIpc) is 1.87. The van der Waals surface area contributed by atoms with Crippen LogP contribution in [0.25, 0.3) is 0 Å². The number of esters is 1. The molecule has 0 rings (SSSR count). The van der Waals surface area contributed by atoms with Gasteiger partial charge < -0.3 is 4.74 Å². The molecule has 0 amide bonds. The molecule has 0 unspecified atom stereocenters. The molecule has 3 heteroatoms. The smallest absolute Gasteiger partial charge is 0.302 e. The molecule has 0 atom stereocenters. The van der Waals surface area contributed by atoms with Crippen LogP contribution < -0.4 is 0 Å². The van der Waals surface area contributed by atoms with Crippen LogP contribution >= 0.6 is 0 Å². The van der Waals surface area contributed by atoms with Crippen LogP contribution in [-0.2, 0) is 9.53 Å². The fraction of sp³-hybridized carbons (Fsp3) is 0.875. The molecule has 0 aromatic heterocycles. The predicted octanol–water partition coefficient (Wildman–Crippen LogP) is 0.946. The van der Waals surface area contributed by atoms with Gasteiger partial charge in [-0.1, -0.05) is 26.2 Å². The van der Waals surface area contributed by atoms with E-state index in [9.17, 15) is 4.79 Å². The van der Waals surface area contributed by atoms with Gasteiger partial charge in [0.2, 0.25) is 0 Å². The van der Waals surface area contributed by atoms with E-state index in [0.29, 0.717) is 6.61 Å². The molecule has 2 nitrogen and oxygen atoms in total. The maximum absolute atomic E-state index is 10.3. The summed E-state index contributed by atoms with van der Waals surface area (Å²) in [5, 5.41) is 0. The Morgan fingerprint density at radius 1 is 1.27 bits per heavy atom. The molecule has 0 bridgehead atoms. The molecule has 0 aliphatic carbocycles. The summed E-state index contributed by atoms with van der Waals surface area (Å²) in [5.41, 5.74) is 0. The molecule has 0 aliphatic heterocycles. The third kappa shape index (κ3) is 13.1. The predicted molar refractivity (Wildman–Crippen MR) is 50.7 cm³/mol. The zero-order valence-electron chi connectivity index (χ0n) is 6.85. The number of unbranched alkanes of at least 4 members (excludes halogenated alkanes) is 3. The first kappa shape index (κ1) is 13.6. The van der Waals surface area contributed by atoms with Gasteiger partial charge in [-0.25, -0.2) is 0 Å². The van der Waals surface area contributed by atoms with E-state index in [4.69, 9.17) is 4.74 Å². The van der Waals surface area contributed by atoms with E-state index < -0.39 is 0 Å². The standard InChI is InChI=1S/C8H16O2.Al.3H/c1-3-4-5-6-7-10-8(2)9;;;;/h3-7H2,1-2H3;;;;. The van der Waals surface area contributed by atoms with Crippen LogP contribution in [0.3, 0.4) is 0 Å². The van der Waals surface area contributed by atoms with Crippen LogP contribution in [0.4, 0.5) is 0 Å². The lowest BCUT2D eigenvalue weighted by Gasteiger charge is -1.99.